The Kier molecular flexibility index (Phi) is 5.52. The van der Waals surface area contributed by atoms with E-state index >= 15 is 0 Å². The van der Waals surface area contributed by atoms with E-state index in [1.807, 2.05) is 65.2 Å². The van der Waals surface area contributed by atoms with Gasteiger partial charge >= 0.3 is 0 Å². The molecular formula is C23H23N5O2S2. The Labute approximate surface area is 193 Å². The zero-order valence-electron chi connectivity index (χ0n) is 17.9. The van der Waals surface area contributed by atoms with E-state index in [0.717, 1.165) is 27.3 Å². The molecule has 0 unspecified atom stereocenters. The average Bonchev–Trinajstić information content (AvgIpc) is 3.50. The first kappa shape index (κ1) is 20.8. The lowest BCUT2D eigenvalue weighted by atomic mass is 9.96. The van der Waals surface area contributed by atoms with Crippen LogP contribution in [0, 0.1) is 19.8 Å². The minimum Gasteiger partial charge on any atom is -0.338 e. The third kappa shape index (κ3) is 3.93. The van der Waals surface area contributed by atoms with Gasteiger partial charge in [-0.3, -0.25) is 9.59 Å². The monoisotopic (exact) mass is 465 g/mol. The van der Waals surface area contributed by atoms with Crippen LogP contribution < -0.4 is 5.32 Å². The van der Waals surface area contributed by atoms with Crippen molar-refractivity contribution in [2.24, 2.45) is 5.92 Å². The molecule has 0 spiro atoms. The molecule has 5 rings (SSSR count). The highest BCUT2D eigenvalue weighted by atomic mass is 32.1. The van der Waals surface area contributed by atoms with Gasteiger partial charge in [-0.1, -0.05) is 18.2 Å². The normalized spacial score (nSPS) is 14.8. The van der Waals surface area contributed by atoms with Gasteiger partial charge in [-0.05, 0) is 44.9 Å². The summed E-state index contributed by atoms with van der Waals surface area (Å²) in [6.07, 6.45) is 1.31. The van der Waals surface area contributed by atoms with E-state index in [-0.39, 0.29) is 17.7 Å². The number of hydrogen-bond donors (Lipinski definition) is 1. The van der Waals surface area contributed by atoms with E-state index in [2.05, 4.69) is 15.4 Å². The van der Waals surface area contributed by atoms with E-state index in [1.165, 1.54) is 22.7 Å². The number of piperidine rings is 1. The molecule has 1 aliphatic heterocycles. The van der Waals surface area contributed by atoms with Crippen molar-refractivity contribution in [1.29, 1.82) is 0 Å². The van der Waals surface area contributed by atoms with Crippen LogP contribution in [0.25, 0.3) is 15.9 Å². The van der Waals surface area contributed by atoms with E-state index < -0.39 is 0 Å². The number of rotatable bonds is 4. The molecule has 9 heteroatoms. The predicted octanol–water partition coefficient (Wildman–Crippen LogP) is 4.65. The molecule has 0 atom stereocenters. The number of likely N-dealkylation sites (tertiary alicyclic amines) is 1. The zero-order chi connectivity index (χ0) is 22.2. The highest BCUT2D eigenvalue weighted by Crippen LogP contribution is 2.32. The van der Waals surface area contributed by atoms with Gasteiger partial charge in [0.15, 0.2) is 5.13 Å². The summed E-state index contributed by atoms with van der Waals surface area (Å²) in [5, 5.41) is 11.1. The van der Waals surface area contributed by atoms with Crippen LogP contribution in [0.15, 0.2) is 41.8 Å². The summed E-state index contributed by atoms with van der Waals surface area (Å²) >= 11 is 2.91. The van der Waals surface area contributed by atoms with E-state index in [1.54, 1.807) is 0 Å². The van der Waals surface area contributed by atoms with Crippen LogP contribution in [0.4, 0.5) is 5.13 Å². The molecule has 164 valence electrons. The number of anilines is 1. The number of para-hydroxylation sites is 1. The average molecular weight is 466 g/mol. The van der Waals surface area contributed by atoms with Gasteiger partial charge in [0.2, 0.25) is 5.91 Å². The van der Waals surface area contributed by atoms with Crippen molar-refractivity contribution < 1.29 is 9.59 Å². The van der Waals surface area contributed by atoms with Crippen molar-refractivity contribution in [1.82, 2.24) is 19.7 Å². The Balaban J connectivity index is 1.28. The Hall–Kier alpha value is -3.04. The lowest BCUT2D eigenvalue weighted by molar-refractivity contribution is -0.121. The molecule has 0 radical (unpaired) electrons. The maximum absolute atomic E-state index is 13.2. The van der Waals surface area contributed by atoms with Gasteiger partial charge in [-0.15, -0.1) is 22.7 Å². The van der Waals surface area contributed by atoms with Gasteiger partial charge < -0.3 is 10.2 Å². The van der Waals surface area contributed by atoms with Crippen LogP contribution in [0.1, 0.15) is 33.9 Å². The largest absolute Gasteiger partial charge is 0.338 e. The maximum Gasteiger partial charge on any atom is 0.264 e. The molecule has 1 aliphatic rings. The van der Waals surface area contributed by atoms with Crippen LogP contribution in [0.5, 0.6) is 0 Å². The number of thiazole rings is 1. The van der Waals surface area contributed by atoms with E-state index in [0.29, 0.717) is 35.9 Å². The molecule has 4 heterocycles. The fraction of sp³-hybridized carbons (Fsp3) is 0.304. The van der Waals surface area contributed by atoms with Crippen molar-refractivity contribution >= 4 is 49.8 Å². The predicted molar refractivity (Wildman–Crippen MR) is 128 cm³/mol. The standard InChI is InChI=1S/C23H23N5O2S2/c1-14-13-31-23(24-14)25-20(29)16-8-10-27(11-9-16)21(30)19-12-18-15(2)26-28(22(18)32-19)17-6-4-3-5-7-17/h3-7,12-13,16H,8-11H2,1-2H3,(H,24,25,29). The summed E-state index contributed by atoms with van der Waals surface area (Å²) in [5.74, 6) is -0.0777. The van der Waals surface area contributed by atoms with Gasteiger partial charge in [0.05, 0.1) is 22.0 Å². The first-order chi connectivity index (χ1) is 15.5. The summed E-state index contributed by atoms with van der Waals surface area (Å²) in [7, 11) is 0. The second-order valence-corrected chi connectivity index (χ2v) is 9.90. The maximum atomic E-state index is 13.2. The quantitative estimate of drug-likeness (QED) is 0.476. The molecule has 2 amide bonds. The molecule has 1 fully saturated rings. The second-order valence-electron chi connectivity index (χ2n) is 8.01. The van der Waals surface area contributed by atoms with E-state index in [4.69, 9.17) is 0 Å². The third-order valence-electron chi connectivity index (χ3n) is 5.76. The lowest BCUT2D eigenvalue weighted by Crippen LogP contribution is -2.41. The van der Waals surface area contributed by atoms with Crippen LogP contribution in [0.3, 0.4) is 0 Å². The van der Waals surface area contributed by atoms with Crippen molar-refractivity contribution in [2.75, 3.05) is 18.4 Å². The Morgan fingerprint density at radius 3 is 2.56 bits per heavy atom. The van der Waals surface area contributed by atoms with Crippen LogP contribution in [0.2, 0.25) is 0 Å². The number of fused-ring (bicyclic) bond motifs is 1. The Morgan fingerprint density at radius 1 is 1.12 bits per heavy atom. The molecular weight excluding hydrogens is 442 g/mol. The molecule has 1 aromatic carbocycles. The molecule has 0 bridgehead atoms. The number of aryl methyl sites for hydroxylation is 2. The molecule has 1 saturated heterocycles. The molecule has 7 nitrogen and oxygen atoms in total. The summed E-state index contributed by atoms with van der Waals surface area (Å²) in [5.41, 5.74) is 2.79. The van der Waals surface area contributed by atoms with Gasteiger partial charge in [0.25, 0.3) is 5.91 Å². The Bertz CT molecular complexity index is 1280. The minimum absolute atomic E-state index is 0.00751. The van der Waals surface area contributed by atoms with Crippen molar-refractivity contribution in [3.05, 3.63) is 58.0 Å². The number of benzene rings is 1. The topological polar surface area (TPSA) is 80.1 Å². The first-order valence-corrected chi connectivity index (χ1v) is 12.3. The number of nitrogens with zero attached hydrogens (tertiary/aromatic N) is 4. The second kappa shape index (κ2) is 8.48. The Morgan fingerprint density at radius 2 is 1.88 bits per heavy atom. The summed E-state index contributed by atoms with van der Waals surface area (Å²) in [6, 6.07) is 11.9. The first-order valence-electron chi connectivity index (χ1n) is 10.6. The number of carbonyl (C=O) groups is 2. The molecule has 3 aromatic heterocycles. The smallest absolute Gasteiger partial charge is 0.264 e. The van der Waals surface area contributed by atoms with Crippen molar-refractivity contribution in [2.45, 2.75) is 26.7 Å². The third-order valence-corrected chi connectivity index (χ3v) is 7.73. The molecule has 32 heavy (non-hydrogen) atoms. The zero-order valence-corrected chi connectivity index (χ0v) is 19.5. The molecule has 0 aliphatic carbocycles. The van der Waals surface area contributed by atoms with E-state index in [9.17, 15) is 9.59 Å². The van der Waals surface area contributed by atoms with Gasteiger partial charge in [-0.2, -0.15) is 5.10 Å². The minimum atomic E-state index is -0.0976. The summed E-state index contributed by atoms with van der Waals surface area (Å²) in [6.45, 7) is 5.03. The van der Waals surface area contributed by atoms with Gasteiger partial charge in [-0.25, -0.2) is 9.67 Å². The number of aromatic nitrogens is 3. The van der Waals surface area contributed by atoms with Crippen molar-refractivity contribution in [3.63, 3.8) is 0 Å². The van der Waals surface area contributed by atoms with Crippen LogP contribution in [-0.4, -0.2) is 44.6 Å². The van der Waals surface area contributed by atoms with Crippen molar-refractivity contribution in [3.8, 4) is 5.69 Å². The number of hydrogen-bond acceptors (Lipinski definition) is 6. The number of amides is 2. The highest BCUT2D eigenvalue weighted by Gasteiger charge is 2.29. The lowest BCUT2D eigenvalue weighted by Gasteiger charge is -2.30. The summed E-state index contributed by atoms with van der Waals surface area (Å²) < 4.78 is 1.91. The summed E-state index contributed by atoms with van der Waals surface area (Å²) in [4.78, 5) is 33.6. The van der Waals surface area contributed by atoms with Crippen LogP contribution >= 0.6 is 22.7 Å². The number of nitrogens with one attached hydrogen (secondary N) is 1. The SMILES string of the molecule is Cc1csc(NC(=O)C2CCN(C(=O)c3cc4c(C)nn(-c5ccccc5)c4s3)CC2)n1. The molecule has 0 saturated carbocycles. The van der Waals surface area contributed by atoms with Gasteiger partial charge in [0, 0.05) is 29.8 Å². The fourth-order valence-corrected chi connectivity index (χ4v) is 5.86. The fourth-order valence-electron chi connectivity index (χ4n) is 4.02. The molecule has 4 aromatic rings. The van der Waals surface area contributed by atoms with Gasteiger partial charge in [0.1, 0.15) is 4.83 Å². The molecule has 1 N–H and O–H groups in total. The number of carbonyl (C=O) groups excluding carboxylic acids is 2. The highest BCUT2D eigenvalue weighted by molar-refractivity contribution is 7.20. The van der Waals surface area contributed by atoms with Crippen LogP contribution in [-0.2, 0) is 4.79 Å². The number of thiophene rings is 1.